The summed E-state index contributed by atoms with van der Waals surface area (Å²) in [4.78, 5) is 21.2. The largest absolute Gasteiger partial charge is 0.457 e. The number of nitrogens with zero attached hydrogens (tertiary/aromatic N) is 3. The van der Waals surface area contributed by atoms with E-state index in [-0.39, 0.29) is 6.04 Å². The summed E-state index contributed by atoms with van der Waals surface area (Å²) in [6, 6.07) is 17.6. The summed E-state index contributed by atoms with van der Waals surface area (Å²) in [5.74, 6) is 1.98. The first-order chi connectivity index (χ1) is 16.8. The standard InChI is InChI=1S/C27H29N5O3/c1-27(2,3)35-26(33)31-18-11-14-21-22(23-24(28)29-16-30-25(23)32(21)15-18)17-9-12-20(13-10-17)34-19-7-5-4-6-8-19/h4-10,12-13,16,18H,11,14-15H2,1-3H3,(H,31,33)(H2,28,29,30)/t18-/m1/s1. The average Bonchev–Trinajstić information content (AvgIpc) is 3.14. The van der Waals surface area contributed by atoms with E-state index in [1.165, 1.54) is 6.33 Å². The van der Waals surface area contributed by atoms with Crippen LogP contribution in [0.3, 0.4) is 0 Å². The quantitative estimate of drug-likeness (QED) is 0.418. The Balaban J connectivity index is 1.46. The van der Waals surface area contributed by atoms with Crippen molar-refractivity contribution in [3.63, 3.8) is 0 Å². The second-order valence-corrected chi connectivity index (χ2v) is 9.71. The van der Waals surface area contributed by atoms with Gasteiger partial charge < -0.3 is 25.1 Å². The Morgan fingerprint density at radius 2 is 1.77 bits per heavy atom. The van der Waals surface area contributed by atoms with Crippen molar-refractivity contribution in [2.24, 2.45) is 0 Å². The van der Waals surface area contributed by atoms with Crippen LogP contribution in [0.15, 0.2) is 60.9 Å². The zero-order valence-corrected chi connectivity index (χ0v) is 20.1. The molecule has 1 aliphatic heterocycles. The topological polar surface area (TPSA) is 104 Å². The van der Waals surface area contributed by atoms with E-state index in [2.05, 4.69) is 19.9 Å². The van der Waals surface area contributed by atoms with Gasteiger partial charge in [-0.15, -0.1) is 0 Å². The third-order valence-corrected chi connectivity index (χ3v) is 5.95. The highest BCUT2D eigenvalue weighted by molar-refractivity contribution is 6.02. The highest BCUT2D eigenvalue weighted by Crippen LogP contribution is 2.40. The molecule has 5 rings (SSSR count). The van der Waals surface area contributed by atoms with Gasteiger partial charge >= 0.3 is 6.09 Å². The normalized spacial score (nSPS) is 15.5. The highest BCUT2D eigenvalue weighted by Gasteiger charge is 2.29. The van der Waals surface area contributed by atoms with Gasteiger partial charge in [-0.3, -0.25) is 0 Å². The first-order valence-electron chi connectivity index (χ1n) is 11.7. The molecule has 0 spiro atoms. The van der Waals surface area contributed by atoms with Crippen LogP contribution in [0.1, 0.15) is 32.9 Å². The van der Waals surface area contributed by atoms with Crippen LogP contribution in [0.5, 0.6) is 11.5 Å². The summed E-state index contributed by atoms with van der Waals surface area (Å²) in [5.41, 5.74) is 9.74. The van der Waals surface area contributed by atoms with E-state index in [0.29, 0.717) is 12.4 Å². The first-order valence-corrected chi connectivity index (χ1v) is 11.7. The molecule has 1 atom stereocenters. The lowest BCUT2D eigenvalue weighted by Crippen LogP contribution is -2.43. The molecule has 2 aromatic heterocycles. The van der Waals surface area contributed by atoms with Crippen molar-refractivity contribution >= 4 is 22.9 Å². The third-order valence-electron chi connectivity index (χ3n) is 5.95. The van der Waals surface area contributed by atoms with Crippen molar-refractivity contribution in [1.29, 1.82) is 0 Å². The minimum absolute atomic E-state index is 0.0707. The minimum atomic E-state index is -0.546. The molecule has 8 heteroatoms. The van der Waals surface area contributed by atoms with Crippen molar-refractivity contribution in [2.45, 2.75) is 51.8 Å². The molecule has 4 aromatic rings. The van der Waals surface area contributed by atoms with Gasteiger partial charge in [0.15, 0.2) is 0 Å². The van der Waals surface area contributed by atoms with E-state index in [1.807, 2.05) is 75.4 Å². The summed E-state index contributed by atoms with van der Waals surface area (Å²) in [5, 5.41) is 3.83. The average molecular weight is 472 g/mol. The van der Waals surface area contributed by atoms with Gasteiger partial charge in [0, 0.05) is 17.8 Å². The lowest BCUT2D eigenvalue weighted by atomic mass is 9.97. The Hall–Kier alpha value is -4.07. The van der Waals surface area contributed by atoms with Crippen LogP contribution >= 0.6 is 0 Å². The fourth-order valence-electron chi connectivity index (χ4n) is 4.54. The molecule has 3 heterocycles. The Morgan fingerprint density at radius 3 is 2.49 bits per heavy atom. The SMILES string of the molecule is CC(C)(C)OC(=O)N[C@@H]1CCc2c(-c3ccc(Oc4ccccc4)cc3)c3c(N)ncnc3n2C1. The molecule has 2 aromatic carbocycles. The zero-order chi connectivity index (χ0) is 24.6. The number of rotatable bonds is 4. The highest BCUT2D eigenvalue weighted by atomic mass is 16.6. The van der Waals surface area contributed by atoms with Crippen LogP contribution in [0.25, 0.3) is 22.2 Å². The third kappa shape index (κ3) is 4.77. The van der Waals surface area contributed by atoms with Crippen molar-refractivity contribution in [3.8, 4) is 22.6 Å². The number of amides is 1. The predicted molar refractivity (Wildman–Crippen MR) is 135 cm³/mol. The van der Waals surface area contributed by atoms with E-state index in [0.717, 1.165) is 52.2 Å². The fraction of sp³-hybridized carbons (Fsp3) is 0.296. The van der Waals surface area contributed by atoms with Gasteiger partial charge in [-0.1, -0.05) is 30.3 Å². The number of nitrogen functional groups attached to an aromatic ring is 1. The number of fused-ring (bicyclic) bond motifs is 3. The molecule has 180 valence electrons. The molecule has 0 radical (unpaired) electrons. The lowest BCUT2D eigenvalue weighted by Gasteiger charge is -2.28. The molecular weight excluding hydrogens is 442 g/mol. The molecular formula is C27H29N5O3. The van der Waals surface area contributed by atoms with Crippen molar-refractivity contribution in [3.05, 3.63) is 66.6 Å². The molecule has 0 aliphatic carbocycles. The van der Waals surface area contributed by atoms with E-state index in [9.17, 15) is 4.79 Å². The van der Waals surface area contributed by atoms with Crippen molar-refractivity contribution < 1.29 is 14.3 Å². The van der Waals surface area contributed by atoms with E-state index >= 15 is 0 Å². The number of hydrogen-bond acceptors (Lipinski definition) is 6. The Labute approximate surface area is 204 Å². The molecule has 0 bridgehead atoms. The lowest BCUT2D eigenvalue weighted by molar-refractivity contribution is 0.0493. The number of carbonyl (C=O) groups is 1. The second-order valence-electron chi connectivity index (χ2n) is 9.71. The molecule has 8 nitrogen and oxygen atoms in total. The molecule has 1 aliphatic rings. The molecule has 0 saturated heterocycles. The van der Waals surface area contributed by atoms with Crippen LogP contribution < -0.4 is 15.8 Å². The van der Waals surface area contributed by atoms with Gasteiger partial charge in [0.05, 0.1) is 11.4 Å². The Kier molecular flexibility index (Phi) is 5.80. The summed E-state index contributed by atoms with van der Waals surface area (Å²) in [6.45, 7) is 6.14. The van der Waals surface area contributed by atoms with Gasteiger partial charge in [-0.2, -0.15) is 0 Å². The van der Waals surface area contributed by atoms with E-state index in [4.69, 9.17) is 15.2 Å². The number of hydrogen-bond donors (Lipinski definition) is 2. The molecule has 0 unspecified atom stereocenters. The molecule has 3 N–H and O–H groups in total. The van der Waals surface area contributed by atoms with Gasteiger partial charge in [-0.25, -0.2) is 14.8 Å². The Bertz CT molecular complexity index is 1360. The second kappa shape index (κ2) is 8.94. The number of ether oxygens (including phenoxy) is 2. The zero-order valence-electron chi connectivity index (χ0n) is 20.1. The molecule has 1 amide bonds. The summed E-state index contributed by atoms with van der Waals surface area (Å²) in [6.07, 6.45) is 2.61. The summed E-state index contributed by atoms with van der Waals surface area (Å²) >= 11 is 0. The van der Waals surface area contributed by atoms with Crippen LogP contribution in [0, 0.1) is 0 Å². The van der Waals surface area contributed by atoms with E-state index in [1.54, 1.807) is 0 Å². The molecule has 0 saturated carbocycles. The minimum Gasteiger partial charge on any atom is -0.457 e. The molecule has 0 fully saturated rings. The number of carbonyl (C=O) groups excluding carboxylic acids is 1. The monoisotopic (exact) mass is 471 g/mol. The maximum Gasteiger partial charge on any atom is 0.407 e. The maximum absolute atomic E-state index is 12.3. The van der Waals surface area contributed by atoms with Crippen LogP contribution in [0.2, 0.25) is 0 Å². The van der Waals surface area contributed by atoms with Gasteiger partial charge in [-0.05, 0) is 63.4 Å². The number of aromatic nitrogens is 3. The summed E-state index contributed by atoms with van der Waals surface area (Å²) in [7, 11) is 0. The van der Waals surface area contributed by atoms with Crippen LogP contribution in [-0.4, -0.2) is 32.3 Å². The van der Waals surface area contributed by atoms with Gasteiger partial charge in [0.25, 0.3) is 0 Å². The predicted octanol–water partition coefficient (Wildman–Crippen LogP) is 5.31. The fourth-order valence-corrected chi connectivity index (χ4v) is 4.54. The first kappa shape index (κ1) is 22.7. The molecule has 35 heavy (non-hydrogen) atoms. The van der Waals surface area contributed by atoms with Gasteiger partial charge in [0.2, 0.25) is 0 Å². The number of anilines is 1. The summed E-state index contributed by atoms with van der Waals surface area (Å²) < 4.78 is 13.5. The van der Waals surface area contributed by atoms with Crippen LogP contribution in [0.4, 0.5) is 10.6 Å². The van der Waals surface area contributed by atoms with Crippen LogP contribution in [-0.2, 0) is 17.7 Å². The number of nitrogens with two attached hydrogens (primary N) is 1. The van der Waals surface area contributed by atoms with Crippen molar-refractivity contribution in [2.75, 3.05) is 5.73 Å². The number of para-hydroxylation sites is 1. The number of benzene rings is 2. The number of nitrogens with one attached hydrogen (secondary N) is 1. The maximum atomic E-state index is 12.3. The smallest absolute Gasteiger partial charge is 0.407 e. The number of alkyl carbamates (subject to hydrolysis) is 1. The van der Waals surface area contributed by atoms with Crippen molar-refractivity contribution in [1.82, 2.24) is 19.9 Å². The van der Waals surface area contributed by atoms with E-state index < -0.39 is 11.7 Å². The van der Waals surface area contributed by atoms with Gasteiger partial charge in [0.1, 0.15) is 34.9 Å². The Morgan fingerprint density at radius 1 is 1.06 bits per heavy atom.